The lowest BCUT2D eigenvalue weighted by atomic mass is 9.88. The molecule has 0 unspecified atom stereocenters. The molecule has 2 saturated carbocycles. The van der Waals surface area contributed by atoms with Crippen molar-refractivity contribution >= 4 is 22.8 Å². The summed E-state index contributed by atoms with van der Waals surface area (Å²) in [5.41, 5.74) is 2.41. The third kappa shape index (κ3) is 5.42. The van der Waals surface area contributed by atoms with Gasteiger partial charge >= 0.3 is 0 Å². The van der Waals surface area contributed by atoms with Crippen molar-refractivity contribution in [2.75, 3.05) is 0 Å². The highest BCUT2D eigenvalue weighted by Gasteiger charge is 2.33. The molecule has 0 bridgehead atoms. The summed E-state index contributed by atoms with van der Waals surface area (Å²) in [6, 6.07) is 17.9. The molecule has 3 aromatic rings. The van der Waals surface area contributed by atoms with Crippen molar-refractivity contribution in [3.63, 3.8) is 0 Å². The number of rotatable bonds is 7. The Labute approximate surface area is 207 Å². The number of aromatic nitrogens is 2. The van der Waals surface area contributed by atoms with Crippen LogP contribution in [0.3, 0.4) is 0 Å². The molecule has 184 valence electrons. The third-order valence-corrected chi connectivity index (χ3v) is 7.69. The van der Waals surface area contributed by atoms with Crippen LogP contribution in [0.1, 0.15) is 80.4 Å². The van der Waals surface area contributed by atoms with E-state index in [9.17, 15) is 9.59 Å². The first-order chi connectivity index (χ1) is 17.2. The molecule has 0 saturated heterocycles. The maximum absolute atomic E-state index is 14.0. The van der Waals surface area contributed by atoms with E-state index < -0.39 is 0 Å². The Morgan fingerprint density at radius 2 is 1.43 bits per heavy atom. The van der Waals surface area contributed by atoms with Crippen LogP contribution >= 0.6 is 0 Å². The molecule has 0 spiro atoms. The summed E-state index contributed by atoms with van der Waals surface area (Å²) in [4.78, 5) is 33.7. The van der Waals surface area contributed by atoms with Crippen LogP contribution in [0, 0.1) is 0 Å². The summed E-state index contributed by atoms with van der Waals surface area (Å²) in [6.45, 7) is 0.548. The highest BCUT2D eigenvalue weighted by Crippen LogP contribution is 2.31. The van der Waals surface area contributed by atoms with Crippen LogP contribution in [0.25, 0.3) is 11.0 Å². The van der Waals surface area contributed by atoms with E-state index in [0.717, 1.165) is 42.5 Å². The summed E-state index contributed by atoms with van der Waals surface area (Å²) in [7, 11) is 0. The second-order valence-corrected chi connectivity index (χ2v) is 10.0. The predicted octanol–water partition coefficient (Wildman–Crippen LogP) is 5.46. The Kier molecular flexibility index (Phi) is 7.45. The van der Waals surface area contributed by atoms with E-state index in [2.05, 4.69) is 10.2 Å². The van der Waals surface area contributed by atoms with Crippen LogP contribution < -0.4 is 5.32 Å². The van der Waals surface area contributed by atoms with Gasteiger partial charge < -0.3 is 14.8 Å². The maximum atomic E-state index is 14.0. The summed E-state index contributed by atoms with van der Waals surface area (Å²) in [5.74, 6) is 0.778. The number of carbonyl (C=O) groups excluding carboxylic acids is 2. The van der Waals surface area contributed by atoms with Gasteiger partial charge in [-0.3, -0.25) is 9.59 Å². The summed E-state index contributed by atoms with van der Waals surface area (Å²) in [5, 5.41) is 3.00. The second kappa shape index (κ2) is 11.1. The summed E-state index contributed by atoms with van der Waals surface area (Å²) in [6.07, 6.45) is 11.9. The number of carbonyl (C=O) groups is 2. The molecule has 2 aliphatic carbocycles. The van der Waals surface area contributed by atoms with Gasteiger partial charge in [0.2, 0.25) is 5.91 Å². The molecule has 0 radical (unpaired) electrons. The van der Waals surface area contributed by atoms with E-state index in [1.54, 1.807) is 12.1 Å². The number of hydrogen-bond acceptors (Lipinski definition) is 3. The standard InChI is InChI=1S/C29H36N4O2/c34-28(33(23-14-6-2-7-15-23)24-16-8-3-9-17-24)21-32-26-19-11-10-18-25(26)31-27(32)20-30-29(35)22-12-4-1-5-13-22/h1,4-5,10-13,18-19,23-24H,2-3,6-9,14-17,20-21H2,(H,30,35). The van der Waals surface area contributed by atoms with E-state index in [1.165, 1.54) is 38.5 Å². The van der Waals surface area contributed by atoms with Gasteiger partial charge in [-0.2, -0.15) is 0 Å². The number of amides is 2. The van der Waals surface area contributed by atoms with Crippen LogP contribution in [0.5, 0.6) is 0 Å². The number of imidazole rings is 1. The Morgan fingerprint density at radius 1 is 0.829 bits per heavy atom. The molecule has 0 aliphatic heterocycles. The molecule has 2 fully saturated rings. The minimum Gasteiger partial charge on any atom is -0.345 e. The molecule has 1 N–H and O–H groups in total. The first kappa shape index (κ1) is 23.6. The lowest BCUT2D eigenvalue weighted by Gasteiger charge is -2.42. The highest BCUT2D eigenvalue weighted by atomic mass is 16.2. The van der Waals surface area contributed by atoms with Crippen LogP contribution in [-0.2, 0) is 17.9 Å². The zero-order valence-electron chi connectivity index (χ0n) is 20.5. The van der Waals surface area contributed by atoms with Crippen molar-refractivity contribution in [1.29, 1.82) is 0 Å². The Balaban J connectivity index is 1.39. The van der Waals surface area contributed by atoms with Crippen molar-refractivity contribution in [3.8, 4) is 0 Å². The molecule has 0 atom stereocenters. The molecule has 6 heteroatoms. The lowest BCUT2D eigenvalue weighted by molar-refractivity contribution is -0.138. The monoisotopic (exact) mass is 472 g/mol. The third-order valence-electron chi connectivity index (χ3n) is 7.69. The van der Waals surface area contributed by atoms with Crippen LogP contribution in [0.4, 0.5) is 0 Å². The van der Waals surface area contributed by atoms with Gasteiger partial charge in [-0.15, -0.1) is 0 Å². The van der Waals surface area contributed by atoms with Crippen LogP contribution in [-0.4, -0.2) is 38.3 Å². The maximum Gasteiger partial charge on any atom is 0.251 e. The molecular formula is C29H36N4O2. The van der Waals surface area contributed by atoms with Gasteiger partial charge in [0.15, 0.2) is 0 Å². The first-order valence-corrected chi connectivity index (χ1v) is 13.3. The van der Waals surface area contributed by atoms with Gasteiger partial charge in [-0.1, -0.05) is 68.9 Å². The number of hydrogen-bond donors (Lipinski definition) is 1. The van der Waals surface area contributed by atoms with Gasteiger partial charge in [-0.25, -0.2) is 4.98 Å². The lowest BCUT2D eigenvalue weighted by Crippen LogP contribution is -2.50. The predicted molar refractivity (Wildman–Crippen MR) is 138 cm³/mol. The van der Waals surface area contributed by atoms with Gasteiger partial charge in [0.1, 0.15) is 12.4 Å². The SMILES string of the molecule is O=C(NCc1nc2ccccc2n1CC(=O)N(C1CCCCC1)C1CCCCC1)c1ccccc1. The molecule has 35 heavy (non-hydrogen) atoms. The topological polar surface area (TPSA) is 67.2 Å². The van der Waals surface area contributed by atoms with Gasteiger partial charge in [0.25, 0.3) is 5.91 Å². The minimum absolute atomic E-state index is 0.137. The smallest absolute Gasteiger partial charge is 0.251 e. The number of benzene rings is 2. The molecule has 1 aromatic heterocycles. The van der Waals surface area contributed by atoms with Crippen molar-refractivity contribution in [2.45, 2.75) is 89.4 Å². The Bertz CT molecular complexity index is 1130. The molecule has 2 aliphatic rings. The normalized spacial score (nSPS) is 17.4. The summed E-state index contributed by atoms with van der Waals surface area (Å²) >= 11 is 0. The van der Waals surface area contributed by atoms with E-state index in [1.807, 2.05) is 47.0 Å². The Hall–Kier alpha value is -3.15. The average Bonchev–Trinajstić information content (AvgIpc) is 3.26. The number of nitrogens with zero attached hydrogens (tertiary/aromatic N) is 3. The van der Waals surface area contributed by atoms with E-state index in [4.69, 9.17) is 4.98 Å². The van der Waals surface area contributed by atoms with E-state index in [0.29, 0.717) is 17.6 Å². The van der Waals surface area contributed by atoms with Crippen molar-refractivity contribution in [3.05, 3.63) is 66.0 Å². The van der Waals surface area contributed by atoms with Crippen LogP contribution in [0.15, 0.2) is 54.6 Å². The zero-order valence-corrected chi connectivity index (χ0v) is 20.5. The molecule has 1 heterocycles. The highest BCUT2D eigenvalue weighted by molar-refractivity contribution is 5.94. The molecule has 5 rings (SSSR count). The van der Waals surface area contributed by atoms with Crippen molar-refractivity contribution in [1.82, 2.24) is 19.8 Å². The number of nitrogens with one attached hydrogen (secondary N) is 1. The fraction of sp³-hybridized carbons (Fsp3) is 0.483. The Morgan fingerprint density at radius 3 is 2.09 bits per heavy atom. The largest absolute Gasteiger partial charge is 0.345 e. The van der Waals surface area contributed by atoms with Crippen LogP contribution in [0.2, 0.25) is 0 Å². The fourth-order valence-electron chi connectivity index (χ4n) is 5.93. The number of fused-ring (bicyclic) bond motifs is 1. The molecule has 6 nitrogen and oxygen atoms in total. The minimum atomic E-state index is -0.137. The first-order valence-electron chi connectivity index (χ1n) is 13.3. The average molecular weight is 473 g/mol. The fourth-order valence-corrected chi connectivity index (χ4v) is 5.93. The van der Waals surface area contributed by atoms with Gasteiger partial charge in [0, 0.05) is 17.6 Å². The zero-order chi connectivity index (χ0) is 24.0. The van der Waals surface area contributed by atoms with E-state index in [-0.39, 0.29) is 24.9 Å². The second-order valence-electron chi connectivity index (χ2n) is 10.0. The summed E-state index contributed by atoms with van der Waals surface area (Å²) < 4.78 is 2.02. The van der Waals surface area contributed by atoms with Gasteiger partial charge in [-0.05, 0) is 49.9 Å². The molecule has 2 aromatic carbocycles. The number of para-hydroxylation sites is 2. The van der Waals surface area contributed by atoms with E-state index >= 15 is 0 Å². The quantitative estimate of drug-likeness (QED) is 0.496. The molecular weight excluding hydrogens is 436 g/mol. The molecule has 2 amide bonds. The van der Waals surface area contributed by atoms with Gasteiger partial charge in [0.05, 0.1) is 17.6 Å². The van der Waals surface area contributed by atoms with Crippen molar-refractivity contribution in [2.24, 2.45) is 0 Å². The van der Waals surface area contributed by atoms with Crippen molar-refractivity contribution < 1.29 is 9.59 Å².